The first-order valence-corrected chi connectivity index (χ1v) is 10.1. The van der Waals surface area contributed by atoms with E-state index in [9.17, 15) is 13.2 Å². The highest BCUT2D eigenvalue weighted by Gasteiger charge is 2.15. The van der Waals surface area contributed by atoms with Crippen LogP contribution in [0.5, 0.6) is 5.75 Å². The number of amides is 1. The van der Waals surface area contributed by atoms with Crippen LogP contribution in [0.4, 0.5) is 5.69 Å². The van der Waals surface area contributed by atoms with Crippen LogP contribution in [0.2, 0.25) is 0 Å². The third kappa shape index (κ3) is 6.06. The zero-order valence-electron chi connectivity index (χ0n) is 15.4. The zero-order chi connectivity index (χ0) is 19.7. The molecule has 0 saturated carbocycles. The van der Waals surface area contributed by atoms with Gasteiger partial charge < -0.3 is 14.8 Å². The molecular formula is C19H24N2O5S. The Balaban J connectivity index is 2.04. The Morgan fingerprint density at radius 2 is 1.78 bits per heavy atom. The van der Waals surface area contributed by atoms with Crippen molar-refractivity contribution in [1.82, 2.24) is 4.72 Å². The number of nitrogens with one attached hydrogen (secondary N) is 2. The standard InChI is InChI=1S/C19H24N2O5S/c1-3-26-18-8-5-4-7-17(18)19(22)21-15-9-11-16(12-10-15)27(23,24)20-13-6-14-25-2/h4-5,7-12,20H,3,6,13-14H2,1-2H3,(H,21,22). The van der Waals surface area contributed by atoms with Gasteiger partial charge in [-0.3, -0.25) is 4.79 Å². The van der Waals surface area contributed by atoms with Crippen LogP contribution in [0.15, 0.2) is 53.4 Å². The fraction of sp³-hybridized carbons (Fsp3) is 0.316. The highest BCUT2D eigenvalue weighted by atomic mass is 32.2. The molecule has 2 N–H and O–H groups in total. The average molecular weight is 392 g/mol. The first-order chi connectivity index (χ1) is 13.0. The topological polar surface area (TPSA) is 93.7 Å². The van der Waals surface area contributed by atoms with Gasteiger partial charge in [-0.05, 0) is 49.7 Å². The predicted molar refractivity (Wildman–Crippen MR) is 104 cm³/mol. The number of anilines is 1. The molecule has 0 aliphatic carbocycles. The molecule has 0 fully saturated rings. The summed E-state index contributed by atoms with van der Waals surface area (Å²) in [5.41, 5.74) is 0.903. The lowest BCUT2D eigenvalue weighted by molar-refractivity contribution is 0.102. The molecule has 0 spiro atoms. The quantitative estimate of drug-likeness (QED) is 0.606. The number of sulfonamides is 1. The Kier molecular flexibility index (Phi) is 7.78. The summed E-state index contributed by atoms with van der Waals surface area (Å²) in [5.74, 6) is 0.171. The average Bonchev–Trinajstić information content (AvgIpc) is 2.66. The van der Waals surface area contributed by atoms with Crippen molar-refractivity contribution in [2.75, 3.05) is 32.2 Å². The van der Waals surface area contributed by atoms with Gasteiger partial charge >= 0.3 is 0 Å². The Hall–Kier alpha value is -2.42. The van der Waals surface area contributed by atoms with E-state index in [0.29, 0.717) is 43.2 Å². The number of carbonyl (C=O) groups is 1. The number of carbonyl (C=O) groups excluding carboxylic acids is 1. The van der Waals surface area contributed by atoms with Crippen LogP contribution in [0.3, 0.4) is 0 Å². The molecule has 0 aliphatic rings. The first-order valence-electron chi connectivity index (χ1n) is 8.59. The van der Waals surface area contributed by atoms with Gasteiger partial charge in [-0.15, -0.1) is 0 Å². The van der Waals surface area contributed by atoms with E-state index in [4.69, 9.17) is 9.47 Å². The Morgan fingerprint density at radius 1 is 1.07 bits per heavy atom. The van der Waals surface area contributed by atoms with Gasteiger partial charge in [0.1, 0.15) is 5.75 Å². The van der Waals surface area contributed by atoms with Crippen molar-refractivity contribution in [3.63, 3.8) is 0 Å². The van der Waals surface area contributed by atoms with Gasteiger partial charge in [-0.25, -0.2) is 13.1 Å². The van der Waals surface area contributed by atoms with Gasteiger partial charge in [0.2, 0.25) is 10.0 Å². The second-order valence-electron chi connectivity index (χ2n) is 5.65. The third-order valence-corrected chi connectivity index (χ3v) is 5.15. The van der Waals surface area contributed by atoms with Crippen molar-refractivity contribution in [2.24, 2.45) is 0 Å². The smallest absolute Gasteiger partial charge is 0.259 e. The van der Waals surface area contributed by atoms with Gasteiger partial charge in [0, 0.05) is 25.9 Å². The molecular weight excluding hydrogens is 368 g/mol. The monoisotopic (exact) mass is 392 g/mol. The SMILES string of the molecule is CCOc1ccccc1C(=O)Nc1ccc(S(=O)(=O)NCCCOC)cc1. The van der Waals surface area contributed by atoms with E-state index in [2.05, 4.69) is 10.0 Å². The van der Waals surface area contributed by atoms with Crippen molar-refractivity contribution in [2.45, 2.75) is 18.2 Å². The molecule has 7 nitrogen and oxygen atoms in total. The van der Waals surface area contributed by atoms with Gasteiger partial charge in [0.25, 0.3) is 5.91 Å². The number of para-hydroxylation sites is 1. The molecule has 2 aromatic rings. The Bertz CT molecular complexity index is 851. The fourth-order valence-electron chi connectivity index (χ4n) is 2.36. The minimum Gasteiger partial charge on any atom is -0.493 e. The van der Waals surface area contributed by atoms with Crippen LogP contribution in [0.1, 0.15) is 23.7 Å². The van der Waals surface area contributed by atoms with Crippen molar-refractivity contribution >= 4 is 21.6 Å². The lowest BCUT2D eigenvalue weighted by Crippen LogP contribution is -2.25. The summed E-state index contributed by atoms with van der Waals surface area (Å²) in [6, 6.07) is 12.9. The maximum absolute atomic E-state index is 12.5. The van der Waals surface area contributed by atoms with Crippen LogP contribution >= 0.6 is 0 Å². The number of hydrogen-bond acceptors (Lipinski definition) is 5. The summed E-state index contributed by atoms with van der Waals surface area (Å²) < 4.78 is 37.3. The summed E-state index contributed by atoms with van der Waals surface area (Å²) in [6.07, 6.45) is 0.586. The summed E-state index contributed by atoms with van der Waals surface area (Å²) in [7, 11) is -2.03. The van der Waals surface area contributed by atoms with E-state index in [1.807, 2.05) is 6.92 Å². The minimum atomic E-state index is -3.59. The number of rotatable bonds is 10. The molecule has 146 valence electrons. The van der Waals surface area contributed by atoms with Crippen molar-refractivity contribution < 1.29 is 22.7 Å². The van der Waals surface area contributed by atoms with Crippen LogP contribution in [0.25, 0.3) is 0 Å². The Morgan fingerprint density at radius 3 is 2.44 bits per heavy atom. The molecule has 2 aromatic carbocycles. The lowest BCUT2D eigenvalue weighted by atomic mass is 10.2. The minimum absolute atomic E-state index is 0.132. The zero-order valence-corrected chi connectivity index (χ0v) is 16.2. The summed E-state index contributed by atoms with van der Waals surface area (Å²) in [5, 5.41) is 2.74. The molecule has 0 bridgehead atoms. The van der Waals surface area contributed by atoms with E-state index >= 15 is 0 Å². The van der Waals surface area contributed by atoms with Crippen LogP contribution in [-0.2, 0) is 14.8 Å². The second-order valence-corrected chi connectivity index (χ2v) is 7.42. The molecule has 0 saturated heterocycles. The number of benzene rings is 2. The number of methoxy groups -OCH3 is 1. The fourth-order valence-corrected chi connectivity index (χ4v) is 3.43. The molecule has 8 heteroatoms. The third-order valence-electron chi connectivity index (χ3n) is 3.67. The van der Waals surface area contributed by atoms with E-state index in [-0.39, 0.29) is 10.8 Å². The van der Waals surface area contributed by atoms with Crippen LogP contribution < -0.4 is 14.8 Å². The number of hydrogen-bond donors (Lipinski definition) is 2. The highest BCUT2D eigenvalue weighted by molar-refractivity contribution is 7.89. The summed E-state index contributed by atoms with van der Waals surface area (Å²) >= 11 is 0. The first kappa shape index (κ1) is 20.9. The van der Waals surface area contributed by atoms with E-state index in [1.54, 1.807) is 43.5 Å². The molecule has 27 heavy (non-hydrogen) atoms. The van der Waals surface area contributed by atoms with Gasteiger partial charge in [-0.1, -0.05) is 12.1 Å². The summed E-state index contributed by atoms with van der Waals surface area (Å²) in [4.78, 5) is 12.6. The maximum atomic E-state index is 12.5. The molecule has 0 aliphatic heterocycles. The predicted octanol–water partition coefficient (Wildman–Crippen LogP) is 2.65. The maximum Gasteiger partial charge on any atom is 0.259 e. The van der Waals surface area contributed by atoms with E-state index in [0.717, 1.165) is 0 Å². The number of ether oxygens (including phenoxy) is 2. The molecule has 0 aromatic heterocycles. The van der Waals surface area contributed by atoms with Crippen molar-refractivity contribution in [1.29, 1.82) is 0 Å². The van der Waals surface area contributed by atoms with Gasteiger partial charge in [0.05, 0.1) is 17.1 Å². The van der Waals surface area contributed by atoms with Crippen molar-refractivity contribution in [3.05, 3.63) is 54.1 Å². The summed E-state index contributed by atoms with van der Waals surface area (Å²) in [6.45, 7) is 3.07. The van der Waals surface area contributed by atoms with Crippen LogP contribution in [0, 0.1) is 0 Å². The molecule has 0 atom stereocenters. The van der Waals surface area contributed by atoms with Gasteiger partial charge in [-0.2, -0.15) is 0 Å². The lowest BCUT2D eigenvalue weighted by Gasteiger charge is -2.11. The normalized spacial score (nSPS) is 11.2. The molecule has 0 unspecified atom stereocenters. The second kappa shape index (κ2) is 10.1. The molecule has 0 heterocycles. The highest BCUT2D eigenvalue weighted by Crippen LogP contribution is 2.20. The molecule has 2 rings (SSSR count). The molecule has 0 radical (unpaired) electrons. The van der Waals surface area contributed by atoms with E-state index in [1.165, 1.54) is 12.1 Å². The van der Waals surface area contributed by atoms with Crippen molar-refractivity contribution in [3.8, 4) is 5.75 Å². The van der Waals surface area contributed by atoms with Gasteiger partial charge in [0.15, 0.2) is 0 Å². The Labute approximate surface area is 159 Å². The van der Waals surface area contributed by atoms with E-state index < -0.39 is 10.0 Å². The van der Waals surface area contributed by atoms with Crippen LogP contribution in [-0.4, -0.2) is 41.2 Å². The molecule has 1 amide bonds. The largest absolute Gasteiger partial charge is 0.493 e.